The molecular weight excluding hydrogens is 238 g/mol. The van der Waals surface area contributed by atoms with Crippen molar-refractivity contribution < 1.29 is 9.21 Å². The largest absolute Gasteiger partial charge is 0.465 e. The number of benzene rings is 1. The van der Waals surface area contributed by atoms with Crippen LogP contribution in [0.4, 0.5) is 5.69 Å². The molecule has 2 rings (SSSR count). The van der Waals surface area contributed by atoms with Crippen LogP contribution in [0, 0.1) is 6.92 Å². The van der Waals surface area contributed by atoms with Gasteiger partial charge in [0.1, 0.15) is 5.76 Å². The molecule has 0 aliphatic carbocycles. The molecule has 19 heavy (non-hydrogen) atoms. The Hall–Kier alpha value is -2.29. The highest BCUT2D eigenvalue weighted by atomic mass is 16.3. The molecular formula is C16H17NO2. The molecule has 0 saturated heterocycles. The van der Waals surface area contributed by atoms with Gasteiger partial charge in [0.15, 0.2) is 0 Å². The SMILES string of the molecule is CCc1cccc(C)c1NC(=O)/C=C/c1ccco1. The maximum absolute atomic E-state index is 11.9. The second-order valence-electron chi connectivity index (χ2n) is 4.30. The summed E-state index contributed by atoms with van der Waals surface area (Å²) in [5.41, 5.74) is 3.11. The number of furan rings is 1. The van der Waals surface area contributed by atoms with E-state index in [1.54, 1.807) is 24.5 Å². The summed E-state index contributed by atoms with van der Waals surface area (Å²) in [6.45, 7) is 4.06. The zero-order valence-electron chi connectivity index (χ0n) is 11.1. The van der Waals surface area contributed by atoms with Gasteiger partial charge >= 0.3 is 0 Å². The van der Waals surface area contributed by atoms with Crippen LogP contribution in [0.1, 0.15) is 23.8 Å². The number of rotatable bonds is 4. The number of para-hydroxylation sites is 1. The second kappa shape index (κ2) is 6.05. The summed E-state index contributed by atoms with van der Waals surface area (Å²) in [5.74, 6) is 0.510. The summed E-state index contributed by atoms with van der Waals surface area (Å²) in [7, 11) is 0. The maximum atomic E-state index is 11.9. The Kier molecular flexibility index (Phi) is 4.18. The molecule has 0 unspecified atom stereocenters. The number of anilines is 1. The van der Waals surface area contributed by atoms with E-state index >= 15 is 0 Å². The van der Waals surface area contributed by atoms with Crippen LogP contribution in [0.2, 0.25) is 0 Å². The van der Waals surface area contributed by atoms with Crippen molar-refractivity contribution in [1.29, 1.82) is 0 Å². The highest BCUT2D eigenvalue weighted by Crippen LogP contribution is 2.21. The maximum Gasteiger partial charge on any atom is 0.248 e. The van der Waals surface area contributed by atoms with Gasteiger partial charge in [-0.1, -0.05) is 25.1 Å². The molecule has 0 fully saturated rings. The fourth-order valence-corrected chi connectivity index (χ4v) is 1.91. The minimum atomic E-state index is -0.152. The normalized spacial score (nSPS) is 10.8. The van der Waals surface area contributed by atoms with Gasteiger partial charge in [-0.25, -0.2) is 0 Å². The third-order valence-electron chi connectivity index (χ3n) is 2.93. The Labute approximate surface area is 112 Å². The number of hydrogen-bond acceptors (Lipinski definition) is 2. The predicted molar refractivity (Wildman–Crippen MR) is 76.9 cm³/mol. The van der Waals surface area contributed by atoms with Crippen LogP contribution in [-0.2, 0) is 11.2 Å². The molecule has 0 aliphatic heterocycles. The number of hydrogen-bond donors (Lipinski definition) is 1. The lowest BCUT2D eigenvalue weighted by Crippen LogP contribution is -2.10. The first kappa shape index (κ1) is 13.1. The van der Waals surface area contributed by atoms with Crippen molar-refractivity contribution in [2.45, 2.75) is 20.3 Å². The number of carbonyl (C=O) groups is 1. The van der Waals surface area contributed by atoms with Crippen LogP contribution >= 0.6 is 0 Å². The van der Waals surface area contributed by atoms with E-state index in [2.05, 4.69) is 12.2 Å². The van der Waals surface area contributed by atoms with Crippen LogP contribution in [0.15, 0.2) is 47.1 Å². The Morgan fingerprint density at radius 2 is 2.16 bits per heavy atom. The molecule has 3 heteroatoms. The lowest BCUT2D eigenvalue weighted by molar-refractivity contribution is -0.111. The van der Waals surface area contributed by atoms with E-state index in [9.17, 15) is 4.79 Å². The van der Waals surface area contributed by atoms with Crippen molar-refractivity contribution >= 4 is 17.7 Å². The molecule has 98 valence electrons. The highest BCUT2D eigenvalue weighted by Gasteiger charge is 2.06. The van der Waals surface area contributed by atoms with Crippen molar-refractivity contribution in [2.75, 3.05) is 5.32 Å². The highest BCUT2D eigenvalue weighted by molar-refractivity contribution is 6.02. The van der Waals surface area contributed by atoms with Crippen LogP contribution in [0.25, 0.3) is 6.08 Å². The van der Waals surface area contributed by atoms with E-state index in [1.165, 1.54) is 6.08 Å². The van der Waals surface area contributed by atoms with Crippen molar-refractivity contribution in [1.82, 2.24) is 0 Å². The Morgan fingerprint density at radius 3 is 2.84 bits per heavy atom. The summed E-state index contributed by atoms with van der Waals surface area (Å²) in [4.78, 5) is 11.9. The van der Waals surface area contributed by atoms with Gasteiger partial charge in [-0.3, -0.25) is 4.79 Å². The molecule has 0 atom stereocenters. The molecule has 0 bridgehead atoms. The smallest absolute Gasteiger partial charge is 0.248 e. The fourth-order valence-electron chi connectivity index (χ4n) is 1.91. The standard InChI is InChI=1S/C16H17NO2/c1-3-13-7-4-6-12(2)16(13)17-15(18)10-9-14-8-5-11-19-14/h4-11H,3H2,1-2H3,(H,17,18)/b10-9+. The molecule has 1 amide bonds. The quantitative estimate of drug-likeness (QED) is 0.844. The Bertz CT molecular complexity index is 583. The fraction of sp³-hybridized carbons (Fsp3) is 0.188. The first-order valence-electron chi connectivity index (χ1n) is 6.31. The molecule has 0 radical (unpaired) electrons. The lowest BCUT2D eigenvalue weighted by atomic mass is 10.1. The molecule has 2 aromatic rings. The van der Waals surface area contributed by atoms with Crippen molar-refractivity contribution in [3.8, 4) is 0 Å². The molecule has 1 aromatic carbocycles. The molecule has 1 heterocycles. The number of aryl methyl sites for hydroxylation is 2. The number of amides is 1. The molecule has 0 aliphatic rings. The molecule has 1 N–H and O–H groups in total. The first-order chi connectivity index (χ1) is 9.20. The second-order valence-corrected chi connectivity index (χ2v) is 4.30. The van der Waals surface area contributed by atoms with Crippen molar-refractivity contribution in [3.05, 3.63) is 59.6 Å². The van der Waals surface area contributed by atoms with Crippen LogP contribution < -0.4 is 5.32 Å². The zero-order chi connectivity index (χ0) is 13.7. The van der Waals surface area contributed by atoms with E-state index < -0.39 is 0 Å². The van der Waals surface area contributed by atoms with E-state index in [4.69, 9.17) is 4.42 Å². The minimum Gasteiger partial charge on any atom is -0.465 e. The summed E-state index contributed by atoms with van der Waals surface area (Å²) < 4.78 is 5.14. The Morgan fingerprint density at radius 1 is 1.32 bits per heavy atom. The summed E-state index contributed by atoms with van der Waals surface area (Å²) >= 11 is 0. The van der Waals surface area contributed by atoms with E-state index in [0.717, 1.165) is 23.2 Å². The summed E-state index contributed by atoms with van der Waals surface area (Å²) in [6.07, 6.45) is 5.59. The first-order valence-corrected chi connectivity index (χ1v) is 6.31. The number of nitrogens with one attached hydrogen (secondary N) is 1. The average Bonchev–Trinajstić information content (AvgIpc) is 2.92. The monoisotopic (exact) mass is 255 g/mol. The van der Waals surface area contributed by atoms with Crippen molar-refractivity contribution in [2.24, 2.45) is 0 Å². The predicted octanol–water partition coefficient (Wildman–Crippen LogP) is 3.80. The molecule has 1 aromatic heterocycles. The van der Waals surface area contributed by atoms with Gasteiger partial charge in [-0.05, 0) is 42.7 Å². The van der Waals surface area contributed by atoms with Gasteiger partial charge in [0.05, 0.1) is 6.26 Å². The third kappa shape index (κ3) is 3.35. The van der Waals surface area contributed by atoms with Crippen LogP contribution in [0.3, 0.4) is 0 Å². The minimum absolute atomic E-state index is 0.152. The topological polar surface area (TPSA) is 42.2 Å². The molecule has 0 saturated carbocycles. The van der Waals surface area contributed by atoms with Crippen LogP contribution in [0.5, 0.6) is 0 Å². The van der Waals surface area contributed by atoms with E-state index in [0.29, 0.717) is 5.76 Å². The average molecular weight is 255 g/mol. The lowest BCUT2D eigenvalue weighted by Gasteiger charge is -2.11. The molecule has 3 nitrogen and oxygen atoms in total. The van der Waals surface area contributed by atoms with Gasteiger partial charge in [-0.2, -0.15) is 0 Å². The van der Waals surface area contributed by atoms with Gasteiger partial charge in [0, 0.05) is 11.8 Å². The van der Waals surface area contributed by atoms with Gasteiger partial charge in [0.25, 0.3) is 0 Å². The molecule has 0 spiro atoms. The van der Waals surface area contributed by atoms with Crippen LogP contribution in [-0.4, -0.2) is 5.91 Å². The van der Waals surface area contributed by atoms with Crippen molar-refractivity contribution in [3.63, 3.8) is 0 Å². The van der Waals surface area contributed by atoms with E-state index in [1.807, 2.05) is 25.1 Å². The van der Waals surface area contributed by atoms with Gasteiger partial charge in [-0.15, -0.1) is 0 Å². The summed E-state index contributed by atoms with van der Waals surface area (Å²) in [5, 5.41) is 2.92. The third-order valence-corrected chi connectivity index (χ3v) is 2.93. The van der Waals surface area contributed by atoms with Gasteiger partial charge < -0.3 is 9.73 Å². The zero-order valence-corrected chi connectivity index (χ0v) is 11.1. The Balaban J connectivity index is 2.11. The summed E-state index contributed by atoms with van der Waals surface area (Å²) in [6, 6.07) is 9.61. The van der Waals surface area contributed by atoms with E-state index in [-0.39, 0.29) is 5.91 Å². The number of carbonyl (C=O) groups excluding carboxylic acids is 1. The van der Waals surface area contributed by atoms with Gasteiger partial charge in [0.2, 0.25) is 5.91 Å².